The monoisotopic (exact) mass is 805 g/mol. The number of ether oxygens (including phenoxy) is 2. The Labute approximate surface area is 341 Å². The zero-order valence-electron chi connectivity index (χ0n) is 35.8. The van der Waals surface area contributed by atoms with Crippen molar-refractivity contribution in [2.24, 2.45) is 0 Å². The van der Waals surface area contributed by atoms with Gasteiger partial charge in [0.2, 0.25) is 0 Å². The molecular formula is C46H79NO8P+. The van der Waals surface area contributed by atoms with Crippen molar-refractivity contribution in [3.05, 3.63) is 85.1 Å². The number of esters is 2. The van der Waals surface area contributed by atoms with Crippen molar-refractivity contribution in [2.75, 3.05) is 47.5 Å². The molecule has 0 spiro atoms. The Morgan fingerprint density at radius 2 is 1.09 bits per heavy atom. The first-order chi connectivity index (χ1) is 27.0. The summed E-state index contributed by atoms with van der Waals surface area (Å²) in [5, 5.41) is 0. The van der Waals surface area contributed by atoms with E-state index in [0.29, 0.717) is 23.9 Å². The van der Waals surface area contributed by atoms with Gasteiger partial charge in [-0.25, -0.2) is 4.57 Å². The van der Waals surface area contributed by atoms with Crippen LogP contribution in [0.3, 0.4) is 0 Å². The zero-order chi connectivity index (χ0) is 41.4. The van der Waals surface area contributed by atoms with Crippen LogP contribution in [-0.2, 0) is 32.7 Å². The van der Waals surface area contributed by atoms with Crippen molar-refractivity contribution >= 4 is 19.8 Å². The first-order valence-electron chi connectivity index (χ1n) is 21.4. The minimum absolute atomic E-state index is 0.0178. The number of phosphoric acid groups is 1. The summed E-state index contributed by atoms with van der Waals surface area (Å²) in [6, 6.07) is 0. The molecule has 9 nitrogen and oxygen atoms in total. The van der Waals surface area contributed by atoms with E-state index in [9.17, 15) is 19.0 Å². The maximum Gasteiger partial charge on any atom is 0.472 e. The molecule has 56 heavy (non-hydrogen) atoms. The molecule has 0 aromatic heterocycles. The minimum Gasteiger partial charge on any atom is -0.462 e. The van der Waals surface area contributed by atoms with Crippen LogP contribution in [0.2, 0.25) is 0 Å². The van der Waals surface area contributed by atoms with E-state index in [-0.39, 0.29) is 26.1 Å². The molecule has 1 unspecified atom stereocenters. The summed E-state index contributed by atoms with van der Waals surface area (Å²) in [4.78, 5) is 35.3. The van der Waals surface area contributed by atoms with Crippen molar-refractivity contribution in [3.8, 4) is 0 Å². The first-order valence-corrected chi connectivity index (χ1v) is 22.9. The summed E-state index contributed by atoms with van der Waals surface area (Å²) >= 11 is 0. The van der Waals surface area contributed by atoms with Crippen LogP contribution in [0.15, 0.2) is 85.1 Å². The van der Waals surface area contributed by atoms with Crippen LogP contribution in [0, 0.1) is 0 Å². The van der Waals surface area contributed by atoms with Gasteiger partial charge in [0.15, 0.2) is 6.10 Å². The quantitative estimate of drug-likeness (QED) is 0.0165. The summed E-state index contributed by atoms with van der Waals surface area (Å²) < 4.78 is 34.2. The molecule has 0 aliphatic rings. The average molecular weight is 805 g/mol. The predicted octanol–water partition coefficient (Wildman–Crippen LogP) is 12.0. The van der Waals surface area contributed by atoms with Gasteiger partial charge in [-0.05, 0) is 70.6 Å². The lowest BCUT2D eigenvalue weighted by atomic mass is 10.1. The molecule has 0 radical (unpaired) electrons. The number of allylic oxidation sites excluding steroid dienone is 14. The molecule has 320 valence electrons. The van der Waals surface area contributed by atoms with Crippen LogP contribution in [0.5, 0.6) is 0 Å². The van der Waals surface area contributed by atoms with Gasteiger partial charge in [-0.15, -0.1) is 0 Å². The molecule has 0 aromatic carbocycles. The largest absolute Gasteiger partial charge is 0.472 e. The van der Waals surface area contributed by atoms with E-state index < -0.39 is 32.5 Å². The first kappa shape index (κ1) is 53.2. The van der Waals surface area contributed by atoms with Crippen LogP contribution in [0.25, 0.3) is 0 Å². The van der Waals surface area contributed by atoms with Gasteiger partial charge in [-0.2, -0.15) is 0 Å². The van der Waals surface area contributed by atoms with Crippen LogP contribution in [-0.4, -0.2) is 74.9 Å². The number of unbranched alkanes of at least 4 members (excludes halogenated alkanes) is 12. The fourth-order valence-electron chi connectivity index (χ4n) is 5.15. The van der Waals surface area contributed by atoms with Gasteiger partial charge in [0, 0.05) is 12.8 Å². The smallest absolute Gasteiger partial charge is 0.462 e. The maximum atomic E-state index is 12.7. The number of likely N-dealkylation sites (N-methyl/N-ethyl adjacent to an activating group) is 1. The molecule has 0 saturated carbocycles. The van der Waals surface area contributed by atoms with Gasteiger partial charge in [0.05, 0.1) is 27.7 Å². The highest BCUT2D eigenvalue weighted by Gasteiger charge is 2.27. The minimum atomic E-state index is -4.39. The third-order valence-electron chi connectivity index (χ3n) is 8.50. The van der Waals surface area contributed by atoms with Gasteiger partial charge in [0.1, 0.15) is 19.8 Å². The predicted molar refractivity (Wildman–Crippen MR) is 233 cm³/mol. The number of phosphoric ester groups is 1. The van der Waals surface area contributed by atoms with Gasteiger partial charge in [0.25, 0.3) is 0 Å². The standard InChI is InChI=1S/C46H78NO8P/c1-6-8-10-12-14-16-18-20-22-23-25-27-29-31-33-35-37-39-46(49)55-44(43-54-56(50,51)53-41-40-47(3,4)5)42-52-45(48)38-36-34-32-30-28-26-24-21-19-17-15-13-11-9-7-2/h9,11,13-17,19-22,24-25,27,44H,6-8,10,12,18,23,26,28-43H2,1-5H3/p+1/b11-9+,15-13+,16-14+,19-17+,22-20+,24-21+,27-25+/t44-/m1/s1. The maximum absolute atomic E-state index is 12.7. The van der Waals surface area contributed by atoms with Gasteiger partial charge >= 0.3 is 19.8 Å². The molecule has 2 atom stereocenters. The Morgan fingerprint density at radius 3 is 1.68 bits per heavy atom. The summed E-state index contributed by atoms with van der Waals surface area (Å²) in [5.41, 5.74) is 0. The van der Waals surface area contributed by atoms with Crippen molar-refractivity contribution in [2.45, 2.75) is 148 Å². The zero-order valence-corrected chi connectivity index (χ0v) is 36.7. The summed E-state index contributed by atoms with van der Waals surface area (Å²) in [7, 11) is 1.43. The van der Waals surface area contributed by atoms with Crippen molar-refractivity contribution in [1.29, 1.82) is 0 Å². The van der Waals surface area contributed by atoms with E-state index >= 15 is 0 Å². The number of nitrogens with zero attached hydrogens (tertiary/aromatic N) is 1. The van der Waals surface area contributed by atoms with Crippen LogP contribution < -0.4 is 0 Å². The fraction of sp³-hybridized carbons (Fsp3) is 0.652. The number of carbonyl (C=O) groups excluding carboxylic acids is 2. The van der Waals surface area contributed by atoms with Crippen molar-refractivity contribution in [3.63, 3.8) is 0 Å². The Kier molecular flexibility index (Phi) is 35.9. The molecule has 0 rings (SSSR count). The van der Waals surface area contributed by atoms with Gasteiger partial charge in [-0.1, -0.05) is 144 Å². The number of quaternary nitrogens is 1. The highest BCUT2D eigenvalue weighted by atomic mass is 31.2. The lowest BCUT2D eigenvalue weighted by Crippen LogP contribution is -2.37. The molecule has 0 aliphatic heterocycles. The lowest BCUT2D eigenvalue weighted by Gasteiger charge is -2.24. The molecule has 0 heterocycles. The van der Waals surface area contributed by atoms with Crippen LogP contribution >= 0.6 is 7.82 Å². The van der Waals surface area contributed by atoms with Crippen molar-refractivity contribution in [1.82, 2.24) is 0 Å². The topological polar surface area (TPSA) is 108 Å². The molecular weight excluding hydrogens is 725 g/mol. The average Bonchev–Trinajstić information content (AvgIpc) is 3.15. The number of carbonyl (C=O) groups is 2. The molecule has 0 saturated heterocycles. The molecule has 0 fully saturated rings. The second-order valence-corrected chi connectivity index (χ2v) is 16.5. The van der Waals surface area contributed by atoms with Gasteiger partial charge < -0.3 is 18.9 Å². The summed E-state index contributed by atoms with van der Waals surface area (Å²) in [6.45, 7) is 4.17. The van der Waals surface area contributed by atoms with Crippen molar-refractivity contribution < 1.29 is 42.1 Å². The second kappa shape index (κ2) is 37.7. The lowest BCUT2D eigenvalue weighted by molar-refractivity contribution is -0.870. The Balaban J connectivity index is 4.49. The molecule has 0 aromatic rings. The van der Waals surface area contributed by atoms with E-state index in [0.717, 1.165) is 77.0 Å². The van der Waals surface area contributed by atoms with Crippen LogP contribution in [0.4, 0.5) is 0 Å². The Bertz CT molecular complexity index is 1230. The highest BCUT2D eigenvalue weighted by Crippen LogP contribution is 2.43. The highest BCUT2D eigenvalue weighted by molar-refractivity contribution is 7.47. The fourth-order valence-corrected chi connectivity index (χ4v) is 5.89. The third kappa shape index (κ3) is 40.8. The number of hydrogen-bond acceptors (Lipinski definition) is 7. The molecule has 0 amide bonds. The normalized spacial score (nSPS) is 14.5. The number of rotatable bonds is 37. The van der Waals surface area contributed by atoms with E-state index in [1.807, 2.05) is 51.5 Å². The van der Waals surface area contributed by atoms with E-state index in [1.54, 1.807) is 0 Å². The van der Waals surface area contributed by atoms with E-state index in [2.05, 4.69) is 68.5 Å². The molecule has 1 N–H and O–H groups in total. The molecule has 0 bridgehead atoms. The second-order valence-electron chi connectivity index (χ2n) is 15.1. The third-order valence-corrected chi connectivity index (χ3v) is 9.49. The Morgan fingerprint density at radius 1 is 0.589 bits per heavy atom. The Hall–Kier alpha value is -2.81. The van der Waals surface area contributed by atoms with Gasteiger partial charge in [-0.3, -0.25) is 18.6 Å². The van der Waals surface area contributed by atoms with Crippen LogP contribution in [0.1, 0.15) is 142 Å². The summed E-state index contributed by atoms with van der Waals surface area (Å²) in [6.07, 6.45) is 47.7. The summed E-state index contributed by atoms with van der Waals surface area (Å²) in [5.74, 6) is -0.861. The SMILES string of the molecule is CC/C=C/C=C/C=C/C=C/CCCCCCCC(=O)OC[C@H](COP(=O)(O)OCC[N+](C)(C)C)OC(=O)CCCCCC/C=C/C/C=C/C/C=C/CCCCC. The molecule has 0 aliphatic carbocycles. The van der Waals surface area contributed by atoms with E-state index in [4.69, 9.17) is 18.5 Å². The molecule has 10 heteroatoms. The van der Waals surface area contributed by atoms with E-state index in [1.165, 1.54) is 25.7 Å². The number of hydrogen-bond donors (Lipinski definition) is 1.